The van der Waals surface area contributed by atoms with Crippen LogP contribution in [0.15, 0.2) is 16.4 Å². The molecule has 0 atom stereocenters. The first-order chi connectivity index (χ1) is 10.1. The normalized spacial score (nSPS) is 15.5. The fourth-order valence-corrected chi connectivity index (χ4v) is 3.43. The van der Waals surface area contributed by atoms with Crippen molar-refractivity contribution in [2.45, 2.75) is 38.1 Å². The van der Waals surface area contributed by atoms with E-state index in [-0.39, 0.29) is 10.8 Å². The maximum atomic E-state index is 12.4. The minimum absolute atomic E-state index is 0.104. The van der Waals surface area contributed by atoms with Gasteiger partial charge in [0, 0.05) is 30.2 Å². The highest BCUT2D eigenvalue weighted by Gasteiger charge is 2.25. The Morgan fingerprint density at radius 1 is 1.52 bits per heavy atom. The molecule has 2 aromatic heterocycles. The van der Waals surface area contributed by atoms with Crippen molar-refractivity contribution in [2.24, 2.45) is 7.05 Å². The number of nitrogens with zero attached hydrogens (tertiary/aromatic N) is 2. The van der Waals surface area contributed by atoms with Crippen molar-refractivity contribution in [1.29, 1.82) is 0 Å². The summed E-state index contributed by atoms with van der Waals surface area (Å²) in [4.78, 5) is 26.0. The van der Waals surface area contributed by atoms with Gasteiger partial charge in [-0.2, -0.15) is 5.10 Å². The molecular weight excluding hydrogens is 288 g/mol. The number of thiazole rings is 1. The average Bonchev–Trinajstić information content (AvgIpc) is 3.16. The first-order valence-corrected chi connectivity index (χ1v) is 8.00. The van der Waals surface area contributed by atoms with E-state index in [0.29, 0.717) is 18.0 Å². The minimum Gasteiger partial charge on any atom is -0.346 e. The Balaban J connectivity index is 1.73. The standard InChI is InChI=1S/C14H18N4O2S/c1-18-7-11(12(17-18)9-4-2-3-5-9)13(19)15-6-10-8-21-14(20)16-10/h7-9H,2-6H2,1H3,(H,15,19)(H,16,20). The Morgan fingerprint density at radius 2 is 2.29 bits per heavy atom. The second kappa shape index (κ2) is 5.85. The first kappa shape index (κ1) is 14.1. The molecule has 0 aliphatic heterocycles. The zero-order valence-corrected chi connectivity index (χ0v) is 12.7. The van der Waals surface area contributed by atoms with Gasteiger partial charge in [-0.05, 0) is 12.8 Å². The summed E-state index contributed by atoms with van der Waals surface area (Å²) in [6.07, 6.45) is 6.40. The second-order valence-electron chi connectivity index (χ2n) is 5.44. The Hall–Kier alpha value is -1.89. The zero-order chi connectivity index (χ0) is 14.8. The van der Waals surface area contributed by atoms with Gasteiger partial charge in [-0.3, -0.25) is 14.3 Å². The number of nitrogens with one attached hydrogen (secondary N) is 2. The van der Waals surface area contributed by atoms with Crippen LogP contribution in [0.4, 0.5) is 0 Å². The number of aryl methyl sites for hydroxylation is 1. The van der Waals surface area contributed by atoms with Crippen LogP contribution in [0.25, 0.3) is 0 Å². The first-order valence-electron chi connectivity index (χ1n) is 7.12. The highest BCUT2D eigenvalue weighted by atomic mass is 32.1. The van der Waals surface area contributed by atoms with E-state index in [0.717, 1.165) is 35.6 Å². The smallest absolute Gasteiger partial charge is 0.304 e. The van der Waals surface area contributed by atoms with Crippen LogP contribution in [0.2, 0.25) is 0 Å². The Labute approximate surface area is 126 Å². The lowest BCUT2D eigenvalue weighted by atomic mass is 10.0. The van der Waals surface area contributed by atoms with Crippen LogP contribution in [0.3, 0.4) is 0 Å². The van der Waals surface area contributed by atoms with Crippen LogP contribution in [0, 0.1) is 0 Å². The van der Waals surface area contributed by atoms with Crippen molar-refractivity contribution in [3.8, 4) is 0 Å². The molecule has 0 saturated heterocycles. The molecule has 1 fully saturated rings. The summed E-state index contributed by atoms with van der Waals surface area (Å²) in [5, 5.41) is 9.05. The lowest BCUT2D eigenvalue weighted by Crippen LogP contribution is -2.24. The molecule has 3 rings (SSSR count). The van der Waals surface area contributed by atoms with Crippen molar-refractivity contribution >= 4 is 17.2 Å². The molecule has 1 aliphatic rings. The third-order valence-electron chi connectivity index (χ3n) is 3.85. The second-order valence-corrected chi connectivity index (χ2v) is 6.28. The third-order valence-corrected chi connectivity index (χ3v) is 4.57. The number of carbonyl (C=O) groups excluding carboxylic acids is 1. The molecule has 2 aromatic rings. The van der Waals surface area contributed by atoms with Gasteiger partial charge in [0.15, 0.2) is 0 Å². The Morgan fingerprint density at radius 3 is 2.95 bits per heavy atom. The van der Waals surface area contributed by atoms with Crippen LogP contribution in [0.1, 0.15) is 53.3 Å². The summed E-state index contributed by atoms with van der Waals surface area (Å²) in [7, 11) is 1.84. The SMILES string of the molecule is Cn1cc(C(=O)NCc2csc(=O)[nH]2)c(C2CCCC2)n1. The number of aromatic amines is 1. The number of carbonyl (C=O) groups is 1. The van der Waals surface area contributed by atoms with E-state index in [1.165, 1.54) is 12.8 Å². The molecule has 1 saturated carbocycles. The summed E-state index contributed by atoms with van der Waals surface area (Å²) >= 11 is 1.10. The van der Waals surface area contributed by atoms with E-state index in [2.05, 4.69) is 15.4 Å². The number of rotatable bonds is 4. The van der Waals surface area contributed by atoms with E-state index in [9.17, 15) is 9.59 Å². The molecule has 6 nitrogen and oxygen atoms in total. The van der Waals surface area contributed by atoms with E-state index in [1.807, 2.05) is 7.05 Å². The van der Waals surface area contributed by atoms with Crippen molar-refractivity contribution in [3.63, 3.8) is 0 Å². The van der Waals surface area contributed by atoms with Gasteiger partial charge in [0.1, 0.15) is 0 Å². The summed E-state index contributed by atoms with van der Waals surface area (Å²) in [6, 6.07) is 0. The number of aromatic nitrogens is 3. The molecule has 0 radical (unpaired) electrons. The molecule has 112 valence electrons. The quantitative estimate of drug-likeness (QED) is 0.903. The number of amides is 1. The maximum absolute atomic E-state index is 12.4. The van der Waals surface area contributed by atoms with Crippen molar-refractivity contribution in [1.82, 2.24) is 20.1 Å². The van der Waals surface area contributed by atoms with Gasteiger partial charge in [0.05, 0.1) is 17.8 Å². The molecule has 7 heteroatoms. The number of hydrogen-bond acceptors (Lipinski definition) is 4. The molecule has 0 bridgehead atoms. The van der Waals surface area contributed by atoms with Gasteiger partial charge in [0.25, 0.3) is 5.91 Å². The topological polar surface area (TPSA) is 79.8 Å². The molecule has 21 heavy (non-hydrogen) atoms. The zero-order valence-electron chi connectivity index (χ0n) is 11.9. The fraction of sp³-hybridized carbons (Fsp3) is 0.500. The predicted molar refractivity (Wildman–Crippen MR) is 80.5 cm³/mol. The van der Waals surface area contributed by atoms with Crippen LogP contribution in [0.5, 0.6) is 0 Å². The lowest BCUT2D eigenvalue weighted by molar-refractivity contribution is 0.0949. The Bertz CT molecular complexity index is 694. The summed E-state index contributed by atoms with van der Waals surface area (Å²) in [5.41, 5.74) is 2.29. The molecule has 0 unspecified atom stereocenters. The molecule has 2 N–H and O–H groups in total. The highest BCUT2D eigenvalue weighted by molar-refractivity contribution is 7.07. The van der Waals surface area contributed by atoms with Gasteiger partial charge in [-0.15, -0.1) is 0 Å². The van der Waals surface area contributed by atoms with Crippen molar-refractivity contribution in [2.75, 3.05) is 0 Å². The van der Waals surface area contributed by atoms with Gasteiger partial charge in [-0.1, -0.05) is 24.2 Å². The Kier molecular flexibility index (Phi) is 3.92. The summed E-state index contributed by atoms with van der Waals surface area (Å²) < 4.78 is 1.70. The number of hydrogen-bond donors (Lipinski definition) is 2. The third kappa shape index (κ3) is 3.07. The van der Waals surface area contributed by atoms with E-state index in [1.54, 1.807) is 16.3 Å². The molecule has 1 aliphatic carbocycles. The average molecular weight is 306 g/mol. The molecule has 2 heterocycles. The molecule has 0 aromatic carbocycles. The minimum atomic E-state index is -0.128. The van der Waals surface area contributed by atoms with Crippen LogP contribution in [-0.2, 0) is 13.6 Å². The summed E-state index contributed by atoms with van der Waals surface area (Å²) in [6.45, 7) is 0.330. The van der Waals surface area contributed by atoms with Gasteiger partial charge in [0.2, 0.25) is 0 Å². The highest BCUT2D eigenvalue weighted by Crippen LogP contribution is 2.34. The van der Waals surface area contributed by atoms with Crippen molar-refractivity contribution < 1.29 is 4.79 Å². The fourth-order valence-electron chi connectivity index (χ4n) is 2.85. The van der Waals surface area contributed by atoms with Gasteiger partial charge in [-0.25, -0.2) is 0 Å². The van der Waals surface area contributed by atoms with Gasteiger partial charge >= 0.3 is 4.87 Å². The van der Waals surface area contributed by atoms with Crippen LogP contribution < -0.4 is 10.2 Å². The van der Waals surface area contributed by atoms with Crippen molar-refractivity contribution in [3.05, 3.63) is 38.2 Å². The molecule has 1 amide bonds. The number of H-pyrrole nitrogens is 1. The largest absolute Gasteiger partial charge is 0.346 e. The van der Waals surface area contributed by atoms with Crippen LogP contribution >= 0.6 is 11.3 Å². The van der Waals surface area contributed by atoms with E-state index in [4.69, 9.17) is 0 Å². The van der Waals surface area contributed by atoms with Gasteiger partial charge < -0.3 is 10.3 Å². The van der Waals surface area contributed by atoms with E-state index >= 15 is 0 Å². The molecule has 0 spiro atoms. The predicted octanol–water partition coefficient (Wildman–Crippen LogP) is 1.76. The lowest BCUT2D eigenvalue weighted by Gasteiger charge is -2.08. The molecular formula is C14H18N4O2S. The summed E-state index contributed by atoms with van der Waals surface area (Å²) in [5.74, 6) is 0.268. The van der Waals surface area contributed by atoms with Crippen LogP contribution in [-0.4, -0.2) is 20.7 Å². The van der Waals surface area contributed by atoms with E-state index < -0.39 is 0 Å². The maximum Gasteiger partial charge on any atom is 0.304 e. The monoisotopic (exact) mass is 306 g/mol.